The lowest BCUT2D eigenvalue weighted by Gasteiger charge is -2.29. The molecule has 1 fully saturated rings. The van der Waals surface area contributed by atoms with Crippen molar-refractivity contribution in [3.63, 3.8) is 0 Å². The van der Waals surface area contributed by atoms with E-state index in [1.165, 1.54) is 17.9 Å². The van der Waals surface area contributed by atoms with Crippen LogP contribution < -0.4 is 10.6 Å². The molecule has 2 N–H and O–H groups in total. The molecular formula is C27H23ClF3N5O4. The van der Waals surface area contributed by atoms with Crippen molar-refractivity contribution in [1.29, 1.82) is 0 Å². The third-order valence-corrected chi connectivity index (χ3v) is 7.11. The van der Waals surface area contributed by atoms with E-state index in [1.54, 1.807) is 36.4 Å². The van der Waals surface area contributed by atoms with Gasteiger partial charge < -0.3 is 10.2 Å². The van der Waals surface area contributed by atoms with Crippen molar-refractivity contribution in [1.82, 2.24) is 25.3 Å². The van der Waals surface area contributed by atoms with Crippen LogP contribution in [-0.2, 0) is 29.2 Å². The third kappa shape index (κ3) is 5.44. The van der Waals surface area contributed by atoms with Crippen LogP contribution in [0.4, 0.5) is 13.2 Å². The Hall–Kier alpha value is -4.19. The number of fused-ring (bicyclic) bond motifs is 1. The zero-order valence-electron chi connectivity index (χ0n) is 21.1. The Balaban J connectivity index is 1.33. The highest BCUT2D eigenvalue weighted by Crippen LogP contribution is 2.31. The van der Waals surface area contributed by atoms with Crippen LogP contribution in [0.25, 0.3) is 11.3 Å². The number of carbonyl (C=O) groups is 4. The van der Waals surface area contributed by atoms with Crippen molar-refractivity contribution >= 4 is 35.2 Å². The van der Waals surface area contributed by atoms with Crippen LogP contribution in [0.5, 0.6) is 0 Å². The van der Waals surface area contributed by atoms with E-state index in [4.69, 9.17) is 11.6 Å². The minimum Gasteiger partial charge on any atom is -0.347 e. The summed E-state index contributed by atoms with van der Waals surface area (Å²) < 4.78 is 40.6. The van der Waals surface area contributed by atoms with Gasteiger partial charge in [-0.05, 0) is 42.7 Å². The molecule has 2 aliphatic heterocycles. The van der Waals surface area contributed by atoms with Gasteiger partial charge in [-0.1, -0.05) is 35.9 Å². The van der Waals surface area contributed by atoms with Crippen LogP contribution in [0.2, 0.25) is 5.02 Å². The highest BCUT2D eigenvalue weighted by molar-refractivity contribution is 6.30. The number of piperidine rings is 1. The molecule has 0 saturated carbocycles. The fraction of sp³-hybridized carbons (Fsp3) is 0.296. The van der Waals surface area contributed by atoms with Crippen molar-refractivity contribution in [3.05, 3.63) is 75.4 Å². The van der Waals surface area contributed by atoms with Crippen LogP contribution in [0.15, 0.2) is 42.5 Å². The smallest absolute Gasteiger partial charge is 0.347 e. The molecule has 40 heavy (non-hydrogen) atoms. The molecule has 0 bridgehead atoms. The Kier molecular flexibility index (Phi) is 7.13. The summed E-state index contributed by atoms with van der Waals surface area (Å²) in [7, 11) is 0. The molecule has 1 unspecified atom stereocenters. The van der Waals surface area contributed by atoms with Gasteiger partial charge in [-0.3, -0.25) is 29.2 Å². The van der Waals surface area contributed by atoms with E-state index in [0.29, 0.717) is 27.3 Å². The first-order valence-corrected chi connectivity index (χ1v) is 12.7. The SMILES string of the molecule is Cc1c(C(=O)NCc2ccc3c(c2)CN(C2CCC(=O)NC2=O)C3=O)nn(CC(F)(F)F)c1-c1cccc(Cl)c1. The number of carbonyl (C=O) groups excluding carboxylic acids is 4. The molecule has 5 rings (SSSR count). The number of hydrogen-bond acceptors (Lipinski definition) is 5. The largest absolute Gasteiger partial charge is 0.408 e. The lowest BCUT2D eigenvalue weighted by atomic mass is 10.0. The van der Waals surface area contributed by atoms with Gasteiger partial charge >= 0.3 is 6.18 Å². The van der Waals surface area contributed by atoms with E-state index in [1.807, 2.05) is 0 Å². The standard InChI is InChI=1S/C27H23ClF3N5O4/c1-14-22(34-36(13-27(29,30)31)23(14)16-3-2-4-18(28)10-16)25(39)32-11-15-5-6-19-17(9-15)12-35(26(19)40)20-7-8-21(37)33-24(20)38/h2-6,9-10,20H,7-8,11-13H2,1H3,(H,32,39)(H,33,37,38). The summed E-state index contributed by atoms with van der Waals surface area (Å²) in [5.41, 5.74) is 2.37. The van der Waals surface area contributed by atoms with Gasteiger partial charge in [0.15, 0.2) is 5.69 Å². The predicted molar refractivity (Wildman–Crippen MR) is 137 cm³/mol. The Morgan fingerprint density at radius 2 is 1.95 bits per heavy atom. The lowest BCUT2D eigenvalue weighted by Crippen LogP contribution is -2.52. The molecule has 0 radical (unpaired) electrons. The summed E-state index contributed by atoms with van der Waals surface area (Å²) in [5, 5.41) is 9.25. The second-order valence-electron chi connectivity index (χ2n) is 9.68. The minimum absolute atomic E-state index is 0.0246. The molecule has 0 aliphatic carbocycles. The first kappa shape index (κ1) is 27.4. The summed E-state index contributed by atoms with van der Waals surface area (Å²) >= 11 is 6.05. The summed E-state index contributed by atoms with van der Waals surface area (Å²) in [6.07, 6.45) is -4.18. The minimum atomic E-state index is -4.57. The van der Waals surface area contributed by atoms with E-state index in [9.17, 15) is 32.3 Å². The van der Waals surface area contributed by atoms with Crippen molar-refractivity contribution in [2.75, 3.05) is 0 Å². The van der Waals surface area contributed by atoms with Crippen LogP contribution in [0.1, 0.15) is 50.4 Å². The Labute approximate surface area is 231 Å². The first-order valence-electron chi connectivity index (χ1n) is 12.4. The summed E-state index contributed by atoms with van der Waals surface area (Å²) in [6.45, 7) is 0.337. The van der Waals surface area contributed by atoms with Gasteiger partial charge in [0.2, 0.25) is 11.8 Å². The number of amides is 4. The van der Waals surface area contributed by atoms with Gasteiger partial charge in [-0.2, -0.15) is 18.3 Å². The Morgan fingerprint density at radius 1 is 1.18 bits per heavy atom. The molecule has 1 aromatic heterocycles. The van der Waals surface area contributed by atoms with Crippen LogP contribution >= 0.6 is 11.6 Å². The average molecular weight is 574 g/mol. The number of imide groups is 1. The number of nitrogens with zero attached hydrogens (tertiary/aromatic N) is 3. The number of nitrogens with one attached hydrogen (secondary N) is 2. The van der Waals surface area contributed by atoms with Gasteiger partial charge in [0.05, 0.1) is 5.69 Å². The quantitative estimate of drug-likeness (QED) is 0.436. The molecule has 13 heteroatoms. The number of benzene rings is 2. The second kappa shape index (κ2) is 10.4. The normalized spacial score (nSPS) is 17.2. The molecule has 2 aliphatic rings. The zero-order valence-corrected chi connectivity index (χ0v) is 21.9. The summed E-state index contributed by atoms with van der Waals surface area (Å²) in [5.74, 6) is -1.87. The second-order valence-corrected chi connectivity index (χ2v) is 10.1. The topological polar surface area (TPSA) is 113 Å². The molecule has 0 spiro atoms. The van der Waals surface area contributed by atoms with Crippen LogP contribution in [0.3, 0.4) is 0 Å². The maximum Gasteiger partial charge on any atom is 0.408 e. The van der Waals surface area contributed by atoms with Gasteiger partial charge in [-0.25, -0.2) is 0 Å². The Morgan fingerprint density at radius 3 is 2.65 bits per heavy atom. The fourth-order valence-electron chi connectivity index (χ4n) is 5.06. The maximum absolute atomic E-state index is 13.3. The highest BCUT2D eigenvalue weighted by Gasteiger charge is 2.39. The maximum atomic E-state index is 13.3. The number of aromatic nitrogens is 2. The molecule has 208 valence electrons. The molecule has 9 nitrogen and oxygen atoms in total. The van der Waals surface area contributed by atoms with Crippen molar-refractivity contribution < 1.29 is 32.3 Å². The molecule has 4 amide bonds. The average Bonchev–Trinajstić information content (AvgIpc) is 3.37. The third-order valence-electron chi connectivity index (χ3n) is 6.87. The van der Waals surface area contributed by atoms with E-state index >= 15 is 0 Å². The molecule has 1 saturated heterocycles. The summed E-state index contributed by atoms with van der Waals surface area (Å²) in [6, 6.07) is 10.5. The van der Waals surface area contributed by atoms with Crippen LogP contribution in [-0.4, -0.2) is 50.5 Å². The van der Waals surface area contributed by atoms with Gasteiger partial charge in [0.25, 0.3) is 11.8 Å². The van der Waals surface area contributed by atoms with Crippen molar-refractivity contribution in [2.45, 2.75) is 51.6 Å². The van der Waals surface area contributed by atoms with Gasteiger partial charge in [0.1, 0.15) is 12.6 Å². The van der Waals surface area contributed by atoms with Gasteiger partial charge in [-0.15, -0.1) is 0 Å². The summed E-state index contributed by atoms with van der Waals surface area (Å²) in [4.78, 5) is 51.1. The first-order chi connectivity index (χ1) is 18.9. The highest BCUT2D eigenvalue weighted by atomic mass is 35.5. The molecule has 3 heterocycles. The van der Waals surface area contributed by atoms with Crippen molar-refractivity contribution in [3.8, 4) is 11.3 Å². The van der Waals surface area contributed by atoms with Crippen LogP contribution in [0, 0.1) is 6.92 Å². The molecular weight excluding hydrogens is 551 g/mol. The lowest BCUT2D eigenvalue weighted by molar-refractivity contribution is -0.142. The number of rotatable bonds is 6. The molecule has 1 atom stereocenters. The Bertz CT molecular complexity index is 1550. The van der Waals surface area contributed by atoms with E-state index < -0.39 is 30.6 Å². The van der Waals surface area contributed by atoms with E-state index in [2.05, 4.69) is 15.7 Å². The van der Waals surface area contributed by atoms with E-state index in [-0.39, 0.29) is 54.7 Å². The predicted octanol–water partition coefficient (Wildman–Crippen LogP) is 3.77. The van der Waals surface area contributed by atoms with Gasteiger partial charge in [0, 0.05) is 41.2 Å². The molecule has 2 aromatic carbocycles. The number of alkyl halides is 3. The van der Waals surface area contributed by atoms with E-state index in [0.717, 1.165) is 4.68 Å². The zero-order chi connectivity index (χ0) is 28.8. The fourth-order valence-corrected chi connectivity index (χ4v) is 5.25. The van der Waals surface area contributed by atoms with Crippen molar-refractivity contribution in [2.24, 2.45) is 0 Å². The number of halogens is 4. The molecule has 3 aromatic rings. The monoisotopic (exact) mass is 573 g/mol. The number of hydrogen-bond donors (Lipinski definition) is 2.